The van der Waals surface area contributed by atoms with Crippen molar-refractivity contribution >= 4 is 29.7 Å². The predicted molar refractivity (Wildman–Crippen MR) is 98.2 cm³/mol. The third-order valence-corrected chi connectivity index (χ3v) is 4.79. The molecular formula is C19H20N2O3S. The topological polar surface area (TPSA) is 62.6 Å². The van der Waals surface area contributed by atoms with Crippen molar-refractivity contribution < 1.29 is 14.0 Å². The van der Waals surface area contributed by atoms with Gasteiger partial charge in [0.1, 0.15) is 5.70 Å². The van der Waals surface area contributed by atoms with Crippen molar-refractivity contribution in [2.75, 3.05) is 19.3 Å². The van der Waals surface area contributed by atoms with Gasteiger partial charge in [0.15, 0.2) is 5.76 Å². The Balaban J connectivity index is 1.85. The molecule has 1 N–H and O–H groups in total. The van der Waals surface area contributed by atoms with E-state index in [1.54, 1.807) is 34.9 Å². The lowest BCUT2D eigenvalue weighted by molar-refractivity contribution is -0.126. The number of likely N-dealkylation sites (tertiary alicyclic amines) is 1. The van der Waals surface area contributed by atoms with Crippen LogP contribution in [0.3, 0.4) is 0 Å². The molecule has 1 aliphatic heterocycles. The number of rotatable bonds is 5. The van der Waals surface area contributed by atoms with Gasteiger partial charge in [0.25, 0.3) is 11.8 Å². The molecule has 0 spiro atoms. The van der Waals surface area contributed by atoms with E-state index in [4.69, 9.17) is 4.42 Å². The molecule has 2 aromatic rings. The van der Waals surface area contributed by atoms with Gasteiger partial charge < -0.3 is 14.6 Å². The highest BCUT2D eigenvalue weighted by Gasteiger charge is 2.23. The summed E-state index contributed by atoms with van der Waals surface area (Å²) in [5.74, 6) is -0.409. The second kappa shape index (κ2) is 8.07. The smallest absolute Gasteiger partial charge is 0.291 e. The number of hydrogen-bond donors (Lipinski definition) is 1. The van der Waals surface area contributed by atoms with E-state index in [0.717, 1.165) is 36.4 Å². The lowest BCUT2D eigenvalue weighted by Gasteiger charge is -2.18. The number of hydrogen-bond acceptors (Lipinski definition) is 4. The number of furan rings is 1. The number of nitrogens with zero attached hydrogens (tertiary/aromatic N) is 1. The summed E-state index contributed by atoms with van der Waals surface area (Å²) in [5.41, 5.74) is 1.13. The molecule has 0 radical (unpaired) electrons. The van der Waals surface area contributed by atoms with Gasteiger partial charge >= 0.3 is 0 Å². The minimum absolute atomic E-state index is 0.161. The van der Waals surface area contributed by atoms with Crippen molar-refractivity contribution in [3.05, 3.63) is 59.7 Å². The summed E-state index contributed by atoms with van der Waals surface area (Å²) in [4.78, 5) is 28.0. The molecule has 1 aromatic heterocycles. The molecule has 2 heterocycles. The lowest BCUT2D eigenvalue weighted by Crippen LogP contribution is -2.36. The Labute approximate surface area is 151 Å². The van der Waals surface area contributed by atoms with Gasteiger partial charge in [0, 0.05) is 18.0 Å². The fourth-order valence-corrected chi connectivity index (χ4v) is 3.11. The number of nitrogens with one attached hydrogen (secondary N) is 1. The van der Waals surface area contributed by atoms with E-state index in [1.165, 1.54) is 6.26 Å². The molecule has 1 saturated heterocycles. The lowest BCUT2D eigenvalue weighted by atomic mass is 10.1. The molecule has 1 aliphatic rings. The number of benzene rings is 1. The van der Waals surface area contributed by atoms with Crippen molar-refractivity contribution in [3.8, 4) is 0 Å². The highest BCUT2D eigenvalue weighted by Crippen LogP contribution is 2.18. The highest BCUT2D eigenvalue weighted by molar-refractivity contribution is 7.98. The summed E-state index contributed by atoms with van der Waals surface area (Å²) in [6, 6.07) is 11.1. The average Bonchev–Trinajstić information content (AvgIpc) is 3.34. The molecule has 0 unspecified atom stereocenters. The van der Waals surface area contributed by atoms with E-state index in [9.17, 15) is 9.59 Å². The van der Waals surface area contributed by atoms with Crippen molar-refractivity contribution in [1.82, 2.24) is 10.2 Å². The van der Waals surface area contributed by atoms with Crippen molar-refractivity contribution in [1.29, 1.82) is 0 Å². The zero-order chi connectivity index (χ0) is 17.6. The fourth-order valence-electron chi connectivity index (χ4n) is 2.70. The largest absolute Gasteiger partial charge is 0.459 e. The van der Waals surface area contributed by atoms with E-state index in [-0.39, 0.29) is 17.4 Å². The number of carbonyl (C=O) groups excluding carboxylic acids is 2. The third kappa shape index (κ3) is 4.33. The van der Waals surface area contributed by atoms with Gasteiger partial charge in [-0.2, -0.15) is 0 Å². The summed E-state index contributed by atoms with van der Waals surface area (Å²) in [6.07, 6.45) is 7.14. The van der Waals surface area contributed by atoms with Crippen LogP contribution >= 0.6 is 11.8 Å². The number of thioether (sulfide) groups is 1. The van der Waals surface area contributed by atoms with Crippen LogP contribution in [0.15, 0.2) is 57.7 Å². The second-order valence-corrected chi connectivity index (χ2v) is 6.64. The first-order chi connectivity index (χ1) is 12.2. The van der Waals surface area contributed by atoms with Gasteiger partial charge in [0.05, 0.1) is 6.26 Å². The molecule has 6 heteroatoms. The third-order valence-electron chi connectivity index (χ3n) is 4.04. The summed E-state index contributed by atoms with van der Waals surface area (Å²) < 4.78 is 5.11. The van der Waals surface area contributed by atoms with E-state index in [2.05, 4.69) is 5.32 Å². The Hall–Kier alpha value is -2.47. The molecule has 0 saturated carbocycles. The Bertz CT molecular complexity index is 760. The van der Waals surface area contributed by atoms with Crippen molar-refractivity contribution in [2.45, 2.75) is 17.7 Å². The molecular weight excluding hydrogens is 336 g/mol. The Morgan fingerprint density at radius 3 is 2.48 bits per heavy atom. The highest BCUT2D eigenvalue weighted by atomic mass is 32.2. The first-order valence-electron chi connectivity index (χ1n) is 8.17. The minimum Gasteiger partial charge on any atom is -0.459 e. The summed E-state index contributed by atoms with van der Waals surface area (Å²) >= 11 is 1.65. The summed E-state index contributed by atoms with van der Waals surface area (Å²) in [6.45, 7) is 1.44. The Kier molecular flexibility index (Phi) is 5.60. The van der Waals surface area contributed by atoms with Crippen LogP contribution in [-0.2, 0) is 4.79 Å². The number of carbonyl (C=O) groups is 2. The molecule has 0 bridgehead atoms. The molecule has 0 aliphatic carbocycles. The SMILES string of the molecule is CSc1ccc(C=C(NC(=O)c2ccco2)C(=O)N2CCCC2)cc1. The monoisotopic (exact) mass is 356 g/mol. The quantitative estimate of drug-likeness (QED) is 0.659. The normalized spacial score (nSPS) is 14.6. The molecule has 1 aromatic carbocycles. The van der Waals surface area contributed by atoms with Crippen LogP contribution in [0, 0.1) is 0 Å². The van der Waals surface area contributed by atoms with Gasteiger partial charge in [-0.1, -0.05) is 12.1 Å². The Morgan fingerprint density at radius 2 is 1.88 bits per heavy atom. The van der Waals surface area contributed by atoms with Gasteiger partial charge in [-0.15, -0.1) is 11.8 Å². The maximum absolute atomic E-state index is 12.8. The first kappa shape index (κ1) is 17.4. The molecule has 1 fully saturated rings. The zero-order valence-corrected chi connectivity index (χ0v) is 14.8. The van der Waals surface area contributed by atoms with Crippen LogP contribution in [0.1, 0.15) is 29.0 Å². The molecule has 130 valence electrons. The van der Waals surface area contributed by atoms with Crippen molar-refractivity contribution in [3.63, 3.8) is 0 Å². The first-order valence-corrected chi connectivity index (χ1v) is 9.40. The maximum atomic E-state index is 12.8. The number of amides is 2. The van der Waals surface area contributed by atoms with E-state index >= 15 is 0 Å². The molecule has 5 nitrogen and oxygen atoms in total. The van der Waals surface area contributed by atoms with Gasteiger partial charge in [-0.25, -0.2) is 0 Å². The zero-order valence-electron chi connectivity index (χ0n) is 14.0. The van der Waals surface area contributed by atoms with Crippen LogP contribution < -0.4 is 5.32 Å². The van der Waals surface area contributed by atoms with Gasteiger partial charge in [-0.3, -0.25) is 9.59 Å². The van der Waals surface area contributed by atoms with E-state index < -0.39 is 5.91 Å². The Morgan fingerprint density at radius 1 is 1.16 bits per heavy atom. The van der Waals surface area contributed by atoms with Crippen LogP contribution in [0.5, 0.6) is 0 Å². The molecule has 25 heavy (non-hydrogen) atoms. The minimum atomic E-state index is -0.426. The summed E-state index contributed by atoms with van der Waals surface area (Å²) in [5, 5.41) is 2.71. The van der Waals surface area contributed by atoms with Crippen LogP contribution in [0.4, 0.5) is 0 Å². The molecule has 3 rings (SSSR count). The standard InChI is InChI=1S/C19H20N2O3S/c1-25-15-8-6-14(7-9-15)13-16(19(23)21-10-2-3-11-21)20-18(22)17-5-4-12-24-17/h4-9,12-13H,2-3,10-11H2,1H3,(H,20,22). The predicted octanol–water partition coefficient (Wildman–Crippen LogP) is 3.39. The maximum Gasteiger partial charge on any atom is 0.291 e. The second-order valence-electron chi connectivity index (χ2n) is 5.76. The molecule has 2 amide bonds. The van der Waals surface area contributed by atoms with Gasteiger partial charge in [0.2, 0.25) is 0 Å². The van der Waals surface area contributed by atoms with Crippen LogP contribution in [0.2, 0.25) is 0 Å². The molecule has 0 atom stereocenters. The fraction of sp³-hybridized carbons (Fsp3) is 0.263. The van der Waals surface area contributed by atoms with Crippen molar-refractivity contribution in [2.24, 2.45) is 0 Å². The van der Waals surface area contributed by atoms with E-state index in [1.807, 2.05) is 30.5 Å². The van der Waals surface area contributed by atoms with Gasteiger partial charge in [-0.05, 0) is 55.0 Å². The summed E-state index contributed by atoms with van der Waals surface area (Å²) in [7, 11) is 0. The van der Waals surface area contributed by atoms with Crippen LogP contribution in [-0.4, -0.2) is 36.1 Å². The van der Waals surface area contributed by atoms with E-state index in [0.29, 0.717) is 0 Å². The van der Waals surface area contributed by atoms with Crippen LogP contribution in [0.25, 0.3) is 6.08 Å². The average molecular weight is 356 g/mol.